The third kappa shape index (κ3) is 3.25. The number of carbonyl (C=O) groups is 2. The first-order valence-corrected chi connectivity index (χ1v) is 8.82. The predicted molar refractivity (Wildman–Crippen MR) is 93.1 cm³/mol. The van der Waals surface area contributed by atoms with Crippen LogP contribution in [0.15, 0.2) is 24.3 Å². The Hall–Kier alpha value is -2.04. The molecule has 1 aromatic carbocycles. The van der Waals surface area contributed by atoms with Crippen molar-refractivity contribution < 1.29 is 14.3 Å². The number of hydrogen-bond acceptors (Lipinski definition) is 3. The van der Waals surface area contributed by atoms with Crippen LogP contribution < -0.4 is 9.64 Å². The zero-order chi connectivity index (χ0) is 17.1. The standard InChI is InChI=1S/C19H26N2O3/c1-20(15-8-4-3-5-9-15)19(23)14-12-18(22)21(13-14)16-10-6-7-11-17(16)24-2/h6-7,10-11,14-15H,3-5,8-9,12-13H2,1-2H3. The van der Waals surface area contributed by atoms with Gasteiger partial charge in [-0.2, -0.15) is 0 Å². The molecule has 1 aliphatic heterocycles. The van der Waals surface area contributed by atoms with Crippen molar-refractivity contribution in [2.75, 3.05) is 25.6 Å². The summed E-state index contributed by atoms with van der Waals surface area (Å²) >= 11 is 0. The quantitative estimate of drug-likeness (QED) is 0.853. The van der Waals surface area contributed by atoms with Gasteiger partial charge in [-0.25, -0.2) is 0 Å². The molecule has 1 aromatic rings. The molecule has 3 rings (SSSR count). The molecule has 2 aliphatic rings. The smallest absolute Gasteiger partial charge is 0.228 e. The van der Waals surface area contributed by atoms with Crippen LogP contribution in [0.2, 0.25) is 0 Å². The zero-order valence-electron chi connectivity index (χ0n) is 14.5. The van der Waals surface area contributed by atoms with Crippen LogP contribution in [-0.2, 0) is 9.59 Å². The van der Waals surface area contributed by atoms with Gasteiger partial charge in [0.2, 0.25) is 11.8 Å². The summed E-state index contributed by atoms with van der Waals surface area (Å²) < 4.78 is 5.36. The van der Waals surface area contributed by atoms with Gasteiger partial charge in [0.25, 0.3) is 0 Å². The highest BCUT2D eigenvalue weighted by Gasteiger charge is 2.38. The van der Waals surface area contributed by atoms with E-state index in [0.717, 1.165) is 18.5 Å². The van der Waals surface area contributed by atoms with Crippen molar-refractivity contribution >= 4 is 17.5 Å². The van der Waals surface area contributed by atoms with Gasteiger partial charge in [0.15, 0.2) is 0 Å². The van der Waals surface area contributed by atoms with Gasteiger partial charge in [-0.1, -0.05) is 31.4 Å². The molecule has 24 heavy (non-hydrogen) atoms. The lowest BCUT2D eigenvalue weighted by Crippen LogP contribution is -2.42. The number of benzene rings is 1. The summed E-state index contributed by atoms with van der Waals surface area (Å²) in [5.74, 6) is 0.511. The van der Waals surface area contributed by atoms with E-state index in [4.69, 9.17) is 4.74 Å². The van der Waals surface area contributed by atoms with Crippen LogP contribution in [0.4, 0.5) is 5.69 Å². The molecular weight excluding hydrogens is 304 g/mol. The molecule has 2 amide bonds. The molecule has 0 N–H and O–H groups in total. The Morgan fingerprint density at radius 1 is 1.21 bits per heavy atom. The summed E-state index contributed by atoms with van der Waals surface area (Å²) in [6.07, 6.45) is 6.10. The number of methoxy groups -OCH3 is 1. The van der Waals surface area contributed by atoms with Crippen molar-refractivity contribution in [2.24, 2.45) is 5.92 Å². The van der Waals surface area contributed by atoms with Crippen LogP contribution in [0.1, 0.15) is 38.5 Å². The van der Waals surface area contributed by atoms with Crippen molar-refractivity contribution in [3.05, 3.63) is 24.3 Å². The van der Waals surface area contributed by atoms with Crippen LogP contribution in [-0.4, -0.2) is 43.5 Å². The summed E-state index contributed by atoms with van der Waals surface area (Å²) in [5, 5.41) is 0. The summed E-state index contributed by atoms with van der Waals surface area (Å²) in [4.78, 5) is 28.9. The van der Waals surface area contributed by atoms with Gasteiger partial charge in [-0.3, -0.25) is 9.59 Å². The molecule has 5 nitrogen and oxygen atoms in total. The van der Waals surface area contributed by atoms with Gasteiger partial charge in [-0.05, 0) is 25.0 Å². The van der Waals surface area contributed by atoms with E-state index >= 15 is 0 Å². The first kappa shape index (κ1) is 16.8. The first-order valence-electron chi connectivity index (χ1n) is 8.82. The molecule has 0 bridgehead atoms. The Kier molecular flexibility index (Phi) is 5.07. The van der Waals surface area contributed by atoms with Gasteiger partial charge in [0, 0.05) is 26.1 Å². The van der Waals surface area contributed by atoms with E-state index in [1.54, 1.807) is 12.0 Å². The average Bonchev–Trinajstić information content (AvgIpc) is 3.02. The summed E-state index contributed by atoms with van der Waals surface area (Å²) in [5.41, 5.74) is 0.751. The van der Waals surface area contributed by atoms with E-state index in [1.807, 2.05) is 36.2 Å². The van der Waals surface area contributed by atoms with Crippen LogP contribution in [0.5, 0.6) is 5.75 Å². The van der Waals surface area contributed by atoms with Gasteiger partial charge in [0.1, 0.15) is 5.75 Å². The van der Waals surface area contributed by atoms with Gasteiger partial charge >= 0.3 is 0 Å². The number of rotatable bonds is 4. The Morgan fingerprint density at radius 3 is 2.62 bits per heavy atom. The average molecular weight is 330 g/mol. The Morgan fingerprint density at radius 2 is 1.92 bits per heavy atom. The molecule has 1 heterocycles. The fraction of sp³-hybridized carbons (Fsp3) is 0.579. The minimum absolute atomic E-state index is 0.00473. The maximum atomic E-state index is 12.8. The molecule has 1 atom stereocenters. The largest absolute Gasteiger partial charge is 0.495 e. The van der Waals surface area contributed by atoms with Crippen molar-refractivity contribution in [3.63, 3.8) is 0 Å². The molecule has 0 aromatic heterocycles. The highest BCUT2D eigenvalue weighted by atomic mass is 16.5. The second-order valence-corrected chi connectivity index (χ2v) is 6.82. The topological polar surface area (TPSA) is 49.9 Å². The second-order valence-electron chi connectivity index (χ2n) is 6.82. The molecule has 1 unspecified atom stereocenters. The van der Waals surface area contributed by atoms with E-state index in [-0.39, 0.29) is 24.2 Å². The number of para-hydroxylation sites is 2. The minimum atomic E-state index is -0.255. The zero-order valence-corrected chi connectivity index (χ0v) is 14.5. The second kappa shape index (κ2) is 7.24. The normalized spacial score (nSPS) is 21.8. The predicted octanol–water partition coefficient (Wildman–Crippen LogP) is 2.84. The van der Waals surface area contributed by atoms with Crippen molar-refractivity contribution in [2.45, 2.75) is 44.6 Å². The maximum Gasteiger partial charge on any atom is 0.228 e. The highest BCUT2D eigenvalue weighted by Crippen LogP contribution is 2.34. The van der Waals surface area contributed by atoms with E-state index in [0.29, 0.717) is 18.3 Å². The molecule has 2 fully saturated rings. The third-order valence-corrected chi connectivity index (χ3v) is 5.32. The van der Waals surface area contributed by atoms with Crippen molar-refractivity contribution in [3.8, 4) is 5.75 Å². The fourth-order valence-electron chi connectivity index (χ4n) is 3.89. The molecule has 1 saturated carbocycles. The fourth-order valence-corrected chi connectivity index (χ4v) is 3.89. The monoisotopic (exact) mass is 330 g/mol. The molecule has 1 aliphatic carbocycles. The Balaban J connectivity index is 1.71. The van der Waals surface area contributed by atoms with E-state index < -0.39 is 0 Å². The summed E-state index contributed by atoms with van der Waals surface area (Å²) in [6, 6.07) is 7.80. The lowest BCUT2D eigenvalue weighted by Gasteiger charge is -2.32. The lowest BCUT2D eigenvalue weighted by atomic mass is 9.93. The van der Waals surface area contributed by atoms with Crippen LogP contribution >= 0.6 is 0 Å². The van der Waals surface area contributed by atoms with Gasteiger partial charge in [-0.15, -0.1) is 0 Å². The van der Waals surface area contributed by atoms with Crippen molar-refractivity contribution in [1.82, 2.24) is 4.90 Å². The minimum Gasteiger partial charge on any atom is -0.495 e. The third-order valence-electron chi connectivity index (χ3n) is 5.32. The molecule has 5 heteroatoms. The maximum absolute atomic E-state index is 12.8. The number of nitrogens with zero attached hydrogens (tertiary/aromatic N) is 2. The number of carbonyl (C=O) groups excluding carboxylic acids is 2. The molecule has 130 valence electrons. The number of anilines is 1. The number of hydrogen-bond donors (Lipinski definition) is 0. The first-order chi connectivity index (χ1) is 11.6. The molecule has 0 radical (unpaired) electrons. The Labute approximate surface area is 143 Å². The van der Waals surface area contributed by atoms with Gasteiger partial charge < -0.3 is 14.5 Å². The van der Waals surface area contributed by atoms with E-state index in [1.165, 1.54) is 19.3 Å². The van der Waals surface area contributed by atoms with E-state index in [9.17, 15) is 9.59 Å². The SMILES string of the molecule is COc1ccccc1N1CC(C(=O)N(C)C2CCCCC2)CC1=O. The summed E-state index contributed by atoms with van der Waals surface area (Å²) in [7, 11) is 3.49. The van der Waals surface area contributed by atoms with Crippen molar-refractivity contribution in [1.29, 1.82) is 0 Å². The van der Waals surface area contributed by atoms with Crippen LogP contribution in [0.25, 0.3) is 0 Å². The van der Waals surface area contributed by atoms with E-state index in [2.05, 4.69) is 0 Å². The summed E-state index contributed by atoms with van der Waals surface area (Å²) in [6.45, 7) is 0.440. The lowest BCUT2D eigenvalue weighted by molar-refractivity contribution is -0.137. The number of ether oxygens (including phenoxy) is 1. The highest BCUT2D eigenvalue weighted by molar-refractivity contribution is 6.01. The molecule has 1 saturated heterocycles. The number of amides is 2. The Bertz CT molecular complexity index is 610. The molecule has 0 spiro atoms. The molecular formula is C19H26N2O3. The van der Waals surface area contributed by atoms with Crippen LogP contribution in [0, 0.1) is 5.92 Å². The van der Waals surface area contributed by atoms with Crippen LogP contribution in [0.3, 0.4) is 0 Å². The van der Waals surface area contributed by atoms with Gasteiger partial charge in [0.05, 0.1) is 18.7 Å².